The van der Waals surface area contributed by atoms with Crippen molar-refractivity contribution in [3.05, 3.63) is 48.3 Å². The second kappa shape index (κ2) is 9.99. The summed E-state index contributed by atoms with van der Waals surface area (Å²) in [6, 6.07) is 9.25. The van der Waals surface area contributed by atoms with Gasteiger partial charge in [-0.1, -0.05) is 20.8 Å². The molecule has 0 atom stereocenters. The minimum absolute atomic E-state index is 0.0536. The molecule has 1 amide bonds. The van der Waals surface area contributed by atoms with Crippen molar-refractivity contribution in [2.24, 2.45) is 0 Å². The van der Waals surface area contributed by atoms with Crippen LogP contribution in [0.1, 0.15) is 20.8 Å². The van der Waals surface area contributed by atoms with Crippen LogP contribution in [0.5, 0.6) is 11.5 Å². The highest BCUT2D eigenvalue weighted by Gasteiger charge is 2.29. The van der Waals surface area contributed by atoms with E-state index in [0.29, 0.717) is 37.0 Å². The van der Waals surface area contributed by atoms with E-state index < -0.39 is 28.3 Å². The van der Waals surface area contributed by atoms with Gasteiger partial charge in [-0.05, 0) is 36.4 Å². The van der Waals surface area contributed by atoms with Gasteiger partial charge in [-0.15, -0.1) is 0 Å². The van der Waals surface area contributed by atoms with E-state index >= 15 is 0 Å². The van der Waals surface area contributed by atoms with E-state index in [0.717, 1.165) is 16.4 Å². The van der Waals surface area contributed by atoms with Gasteiger partial charge in [-0.3, -0.25) is 9.10 Å². The molecule has 3 rings (SSSR count). The summed E-state index contributed by atoms with van der Waals surface area (Å²) in [5, 5.41) is 2.76. The van der Waals surface area contributed by atoms with Crippen molar-refractivity contribution in [1.29, 1.82) is 0 Å². The average Bonchev–Trinajstić information content (AvgIpc) is 2.75. The summed E-state index contributed by atoms with van der Waals surface area (Å²) >= 11 is 1.69. The molecule has 0 saturated carbocycles. The number of fused-ring (bicyclic) bond motifs is 1. The second-order valence-electron chi connectivity index (χ2n) is 8.10. The SMILES string of the molecule is CC(C)(C)SCCNC(=O)CN(c1ccc(F)cc1)S(=O)(=O)c1ccc2c(c1)OCCO2. The number of ether oxygens (including phenoxy) is 2. The third-order valence-corrected chi connectivity index (χ3v) is 7.51. The fourth-order valence-electron chi connectivity index (χ4n) is 2.97. The second-order valence-corrected chi connectivity index (χ2v) is 11.9. The molecule has 0 unspecified atom stereocenters. The van der Waals surface area contributed by atoms with Crippen molar-refractivity contribution in [2.75, 3.05) is 36.4 Å². The van der Waals surface area contributed by atoms with E-state index in [-0.39, 0.29) is 15.3 Å². The van der Waals surface area contributed by atoms with Crippen molar-refractivity contribution >= 4 is 33.4 Å². The molecule has 0 fully saturated rings. The summed E-state index contributed by atoms with van der Waals surface area (Å²) in [6.45, 7) is 6.90. The van der Waals surface area contributed by atoms with E-state index in [4.69, 9.17) is 9.47 Å². The molecule has 0 bridgehead atoms. The topological polar surface area (TPSA) is 84.9 Å². The predicted molar refractivity (Wildman–Crippen MR) is 124 cm³/mol. The number of thioether (sulfide) groups is 1. The number of benzene rings is 2. The van der Waals surface area contributed by atoms with E-state index in [1.165, 1.54) is 30.3 Å². The molecule has 2 aromatic rings. The summed E-state index contributed by atoms with van der Waals surface area (Å²) in [5.41, 5.74) is 0.181. The largest absolute Gasteiger partial charge is 0.486 e. The number of hydrogen-bond donors (Lipinski definition) is 1. The molecule has 0 aromatic heterocycles. The van der Waals surface area contributed by atoms with E-state index in [9.17, 15) is 17.6 Å². The highest BCUT2D eigenvalue weighted by molar-refractivity contribution is 8.00. The molecule has 2 aromatic carbocycles. The molecule has 7 nitrogen and oxygen atoms in total. The lowest BCUT2D eigenvalue weighted by molar-refractivity contribution is -0.119. The Morgan fingerprint density at radius 3 is 2.41 bits per heavy atom. The molecule has 0 spiro atoms. The summed E-state index contributed by atoms with van der Waals surface area (Å²) < 4.78 is 52.3. The number of nitrogens with zero attached hydrogens (tertiary/aromatic N) is 1. The lowest BCUT2D eigenvalue weighted by Crippen LogP contribution is -2.41. The van der Waals surface area contributed by atoms with Gasteiger partial charge in [0.05, 0.1) is 10.6 Å². The summed E-state index contributed by atoms with van der Waals surface area (Å²) in [6.07, 6.45) is 0. The fraction of sp³-hybridized carbons (Fsp3) is 0.409. The van der Waals surface area contributed by atoms with Gasteiger partial charge in [-0.25, -0.2) is 12.8 Å². The van der Waals surface area contributed by atoms with Gasteiger partial charge < -0.3 is 14.8 Å². The highest BCUT2D eigenvalue weighted by Crippen LogP contribution is 2.34. The van der Waals surface area contributed by atoms with Crippen LogP contribution in [-0.2, 0) is 14.8 Å². The van der Waals surface area contributed by atoms with Gasteiger partial charge in [0.2, 0.25) is 5.91 Å². The lowest BCUT2D eigenvalue weighted by atomic mass is 10.3. The minimum atomic E-state index is -4.14. The van der Waals surface area contributed by atoms with Crippen LogP contribution in [0, 0.1) is 5.82 Å². The number of carbonyl (C=O) groups is 1. The highest BCUT2D eigenvalue weighted by atomic mass is 32.2. The Morgan fingerprint density at radius 2 is 1.75 bits per heavy atom. The summed E-state index contributed by atoms with van der Waals surface area (Å²) in [4.78, 5) is 12.5. The fourth-order valence-corrected chi connectivity index (χ4v) is 5.22. The monoisotopic (exact) mass is 482 g/mol. The molecule has 0 radical (unpaired) electrons. The minimum Gasteiger partial charge on any atom is -0.486 e. The Kier molecular flexibility index (Phi) is 7.55. The van der Waals surface area contributed by atoms with E-state index in [2.05, 4.69) is 26.1 Å². The first-order valence-electron chi connectivity index (χ1n) is 10.1. The van der Waals surface area contributed by atoms with Crippen LogP contribution in [0.2, 0.25) is 0 Å². The van der Waals surface area contributed by atoms with Gasteiger partial charge in [0, 0.05) is 23.1 Å². The van der Waals surface area contributed by atoms with Crippen molar-refractivity contribution in [3.8, 4) is 11.5 Å². The molecular formula is C22H27FN2O5S2. The first-order chi connectivity index (χ1) is 15.1. The Balaban J connectivity index is 1.82. The van der Waals surface area contributed by atoms with E-state index in [1.54, 1.807) is 11.8 Å². The van der Waals surface area contributed by atoms with Crippen molar-refractivity contribution in [2.45, 2.75) is 30.4 Å². The number of sulfonamides is 1. The zero-order valence-electron chi connectivity index (χ0n) is 18.3. The van der Waals surface area contributed by atoms with Gasteiger partial charge in [0.15, 0.2) is 11.5 Å². The Hall–Kier alpha value is -2.46. The molecule has 0 aliphatic carbocycles. The van der Waals surface area contributed by atoms with Crippen LogP contribution in [-0.4, -0.2) is 51.1 Å². The molecule has 1 aliphatic heterocycles. The smallest absolute Gasteiger partial charge is 0.264 e. The quantitative estimate of drug-likeness (QED) is 0.581. The Morgan fingerprint density at radius 1 is 1.09 bits per heavy atom. The predicted octanol–water partition coefficient (Wildman–Crippen LogP) is 3.44. The number of amides is 1. The van der Waals surface area contributed by atoms with Gasteiger partial charge >= 0.3 is 0 Å². The number of anilines is 1. The molecule has 174 valence electrons. The van der Waals surface area contributed by atoms with Crippen LogP contribution in [0.3, 0.4) is 0 Å². The maximum atomic E-state index is 13.5. The van der Waals surface area contributed by atoms with Crippen LogP contribution in [0.4, 0.5) is 10.1 Å². The molecular weight excluding hydrogens is 455 g/mol. The van der Waals surface area contributed by atoms with Crippen LogP contribution in [0.15, 0.2) is 47.4 Å². The maximum Gasteiger partial charge on any atom is 0.264 e. The third kappa shape index (κ3) is 6.29. The first-order valence-corrected chi connectivity index (χ1v) is 12.6. The van der Waals surface area contributed by atoms with Crippen LogP contribution < -0.4 is 19.1 Å². The van der Waals surface area contributed by atoms with Gasteiger partial charge in [0.25, 0.3) is 10.0 Å². The lowest BCUT2D eigenvalue weighted by Gasteiger charge is -2.25. The van der Waals surface area contributed by atoms with Crippen molar-refractivity contribution in [1.82, 2.24) is 5.32 Å². The maximum absolute atomic E-state index is 13.5. The number of halogens is 1. The zero-order valence-corrected chi connectivity index (χ0v) is 19.9. The van der Waals surface area contributed by atoms with Crippen LogP contribution >= 0.6 is 11.8 Å². The normalized spacial score (nSPS) is 13.5. The number of nitrogens with one attached hydrogen (secondary N) is 1. The third-order valence-electron chi connectivity index (χ3n) is 4.46. The summed E-state index contributed by atoms with van der Waals surface area (Å²) in [7, 11) is -4.14. The molecule has 1 heterocycles. The van der Waals surface area contributed by atoms with Crippen molar-refractivity contribution in [3.63, 3.8) is 0 Å². The average molecular weight is 483 g/mol. The molecule has 1 aliphatic rings. The Bertz CT molecular complexity index is 1050. The molecule has 0 saturated heterocycles. The number of rotatable bonds is 8. The number of carbonyl (C=O) groups excluding carboxylic acids is 1. The standard InChI is InChI=1S/C22H27FN2O5S2/c1-22(2,3)31-13-10-24-21(26)15-25(17-6-4-16(23)5-7-17)32(27,28)18-8-9-19-20(14-18)30-12-11-29-19/h4-9,14H,10-13,15H2,1-3H3,(H,24,26). The molecule has 1 N–H and O–H groups in total. The van der Waals surface area contributed by atoms with Gasteiger partial charge in [-0.2, -0.15) is 11.8 Å². The van der Waals surface area contributed by atoms with E-state index in [1.807, 2.05) is 0 Å². The van der Waals surface area contributed by atoms with Gasteiger partial charge in [0.1, 0.15) is 25.6 Å². The Labute approximate surface area is 192 Å². The van der Waals surface area contributed by atoms with Crippen molar-refractivity contribution < 1.29 is 27.1 Å². The first kappa shape index (κ1) is 24.2. The molecule has 32 heavy (non-hydrogen) atoms. The molecule has 10 heteroatoms. The number of hydrogen-bond acceptors (Lipinski definition) is 6. The summed E-state index contributed by atoms with van der Waals surface area (Å²) in [5.74, 6) is 0.512. The zero-order chi connectivity index (χ0) is 23.4. The van der Waals surface area contributed by atoms with Crippen LogP contribution in [0.25, 0.3) is 0 Å².